The maximum atomic E-state index is 9.80. The smallest absolute Gasteiger partial charge is 0.0906 e. The maximum Gasteiger partial charge on any atom is 0.0906 e. The van der Waals surface area contributed by atoms with Crippen molar-refractivity contribution < 1.29 is 10.3 Å². The minimum atomic E-state index is -0.652. The molecule has 0 saturated heterocycles. The van der Waals surface area contributed by atoms with Crippen LogP contribution >= 0.6 is 0 Å². The standard InChI is InChI=1S/C14H20N2O2/c1-14(2,17)8-10-16-9-7-12(15-18)11-5-3-4-6-13(11)16/h3-6,17-18H,7-10H2,1-2H3. The third-order valence-electron chi connectivity index (χ3n) is 3.29. The van der Waals surface area contributed by atoms with Crippen molar-refractivity contribution in [1.29, 1.82) is 0 Å². The van der Waals surface area contributed by atoms with Crippen LogP contribution < -0.4 is 4.90 Å². The van der Waals surface area contributed by atoms with Crippen LogP contribution in [0.4, 0.5) is 5.69 Å². The highest BCUT2D eigenvalue weighted by Crippen LogP contribution is 2.28. The van der Waals surface area contributed by atoms with Crippen molar-refractivity contribution in [2.75, 3.05) is 18.0 Å². The second-order valence-corrected chi connectivity index (χ2v) is 5.36. The number of nitrogens with zero attached hydrogens (tertiary/aromatic N) is 2. The van der Waals surface area contributed by atoms with Gasteiger partial charge in [0, 0.05) is 30.8 Å². The zero-order valence-electron chi connectivity index (χ0n) is 10.9. The lowest BCUT2D eigenvalue weighted by Crippen LogP contribution is -2.36. The van der Waals surface area contributed by atoms with E-state index in [1.54, 1.807) is 0 Å². The summed E-state index contributed by atoms with van der Waals surface area (Å²) in [4.78, 5) is 2.24. The maximum absolute atomic E-state index is 9.80. The van der Waals surface area contributed by atoms with Crippen LogP contribution in [0.1, 0.15) is 32.3 Å². The van der Waals surface area contributed by atoms with Crippen molar-refractivity contribution >= 4 is 11.4 Å². The topological polar surface area (TPSA) is 56.1 Å². The molecule has 0 unspecified atom stereocenters. The molecule has 0 aromatic heterocycles. The van der Waals surface area contributed by atoms with Gasteiger partial charge in [-0.25, -0.2) is 0 Å². The summed E-state index contributed by atoms with van der Waals surface area (Å²) < 4.78 is 0. The van der Waals surface area contributed by atoms with Gasteiger partial charge < -0.3 is 15.2 Å². The van der Waals surface area contributed by atoms with Gasteiger partial charge in [-0.15, -0.1) is 0 Å². The monoisotopic (exact) mass is 248 g/mol. The highest BCUT2D eigenvalue weighted by Gasteiger charge is 2.23. The van der Waals surface area contributed by atoms with Gasteiger partial charge >= 0.3 is 0 Å². The molecule has 1 aromatic carbocycles. The summed E-state index contributed by atoms with van der Waals surface area (Å²) in [6, 6.07) is 7.93. The summed E-state index contributed by atoms with van der Waals surface area (Å²) in [5, 5.41) is 22.2. The third kappa shape index (κ3) is 2.82. The summed E-state index contributed by atoms with van der Waals surface area (Å²) in [5.41, 5.74) is 2.16. The van der Waals surface area contributed by atoms with E-state index >= 15 is 0 Å². The number of rotatable bonds is 3. The molecule has 0 aliphatic carbocycles. The predicted octanol–water partition coefficient (Wildman–Crippen LogP) is 2.24. The molecule has 0 atom stereocenters. The fourth-order valence-electron chi connectivity index (χ4n) is 2.23. The number of benzene rings is 1. The van der Waals surface area contributed by atoms with Crippen LogP contribution in [0.25, 0.3) is 0 Å². The average molecular weight is 248 g/mol. The SMILES string of the molecule is CC(C)(O)CCN1CCC(=NO)c2ccccc21. The lowest BCUT2D eigenvalue weighted by Gasteiger charge is -2.33. The van der Waals surface area contributed by atoms with Gasteiger partial charge in [-0.05, 0) is 26.3 Å². The van der Waals surface area contributed by atoms with E-state index in [9.17, 15) is 5.11 Å². The molecular weight excluding hydrogens is 228 g/mol. The number of aliphatic hydroxyl groups is 1. The van der Waals surface area contributed by atoms with E-state index in [4.69, 9.17) is 5.21 Å². The molecule has 1 aliphatic rings. The van der Waals surface area contributed by atoms with E-state index in [0.29, 0.717) is 6.42 Å². The molecule has 0 amide bonds. The van der Waals surface area contributed by atoms with Crippen molar-refractivity contribution in [3.63, 3.8) is 0 Å². The fraction of sp³-hybridized carbons (Fsp3) is 0.500. The van der Waals surface area contributed by atoms with Crippen LogP contribution in [-0.2, 0) is 0 Å². The van der Waals surface area contributed by atoms with Crippen molar-refractivity contribution in [2.45, 2.75) is 32.3 Å². The molecule has 1 heterocycles. The van der Waals surface area contributed by atoms with Crippen LogP contribution in [0, 0.1) is 0 Å². The Labute approximate surface area is 108 Å². The highest BCUT2D eigenvalue weighted by molar-refractivity contribution is 6.06. The zero-order valence-corrected chi connectivity index (χ0v) is 10.9. The summed E-state index contributed by atoms with van der Waals surface area (Å²) in [6.07, 6.45) is 1.45. The fourth-order valence-corrected chi connectivity index (χ4v) is 2.23. The number of hydrogen-bond donors (Lipinski definition) is 2. The second kappa shape index (κ2) is 4.98. The van der Waals surface area contributed by atoms with Crippen LogP contribution in [-0.4, -0.2) is 34.7 Å². The number of para-hydroxylation sites is 1. The Kier molecular flexibility index (Phi) is 3.57. The predicted molar refractivity (Wildman–Crippen MR) is 72.5 cm³/mol. The van der Waals surface area contributed by atoms with Gasteiger partial charge in [-0.1, -0.05) is 23.4 Å². The third-order valence-corrected chi connectivity index (χ3v) is 3.29. The van der Waals surface area contributed by atoms with Gasteiger partial charge in [0.05, 0.1) is 11.3 Å². The van der Waals surface area contributed by atoms with Crippen LogP contribution in [0.3, 0.4) is 0 Å². The van der Waals surface area contributed by atoms with Gasteiger partial charge in [0.25, 0.3) is 0 Å². The molecule has 2 N–H and O–H groups in total. The number of fused-ring (bicyclic) bond motifs is 1. The Bertz CT molecular complexity index is 449. The Morgan fingerprint density at radius 1 is 1.33 bits per heavy atom. The first kappa shape index (κ1) is 12.9. The largest absolute Gasteiger partial charge is 0.411 e. The van der Waals surface area contributed by atoms with Crippen molar-refractivity contribution in [1.82, 2.24) is 0 Å². The van der Waals surface area contributed by atoms with Gasteiger partial charge in [-0.3, -0.25) is 0 Å². The Hall–Kier alpha value is -1.55. The van der Waals surface area contributed by atoms with Crippen molar-refractivity contribution in [3.05, 3.63) is 29.8 Å². The molecule has 98 valence electrons. The molecule has 0 saturated carbocycles. The Morgan fingerprint density at radius 3 is 2.72 bits per heavy atom. The molecule has 18 heavy (non-hydrogen) atoms. The quantitative estimate of drug-likeness (QED) is 0.637. The van der Waals surface area contributed by atoms with Crippen molar-refractivity contribution in [2.24, 2.45) is 5.16 Å². The molecule has 4 nitrogen and oxygen atoms in total. The molecular formula is C14H20N2O2. The molecule has 1 aliphatic heterocycles. The zero-order chi connectivity index (χ0) is 13.2. The first-order chi connectivity index (χ1) is 8.51. The highest BCUT2D eigenvalue weighted by atomic mass is 16.4. The number of hydrogen-bond acceptors (Lipinski definition) is 4. The van der Waals surface area contributed by atoms with Crippen LogP contribution in [0.5, 0.6) is 0 Å². The summed E-state index contributed by atoms with van der Waals surface area (Å²) >= 11 is 0. The molecule has 0 fully saturated rings. The molecule has 0 radical (unpaired) electrons. The lowest BCUT2D eigenvalue weighted by atomic mass is 9.98. The normalized spacial score (nSPS) is 17.9. The molecule has 2 rings (SSSR count). The Balaban J connectivity index is 2.20. The molecule has 4 heteroatoms. The average Bonchev–Trinajstić information content (AvgIpc) is 2.35. The van der Waals surface area contributed by atoms with Crippen LogP contribution in [0.2, 0.25) is 0 Å². The van der Waals surface area contributed by atoms with E-state index in [1.165, 1.54) is 0 Å². The molecule has 0 bridgehead atoms. The van der Waals surface area contributed by atoms with E-state index < -0.39 is 5.60 Å². The van der Waals surface area contributed by atoms with E-state index in [2.05, 4.69) is 10.1 Å². The summed E-state index contributed by atoms with van der Waals surface area (Å²) in [7, 11) is 0. The second-order valence-electron chi connectivity index (χ2n) is 5.36. The minimum absolute atomic E-state index is 0.652. The van der Waals surface area contributed by atoms with Gasteiger partial charge in [-0.2, -0.15) is 0 Å². The summed E-state index contributed by atoms with van der Waals surface area (Å²) in [6.45, 7) is 5.28. The van der Waals surface area contributed by atoms with Crippen LogP contribution in [0.15, 0.2) is 29.4 Å². The van der Waals surface area contributed by atoms with Gasteiger partial charge in [0.2, 0.25) is 0 Å². The Morgan fingerprint density at radius 2 is 2.06 bits per heavy atom. The number of oxime groups is 1. The van der Waals surface area contributed by atoms with Gasteiger partial charge in [0.15, 0.2) is 0 Å². The van der Waals surface area contributed by atoms with E-state index in [0.717, 1.165) is 36.5 Å². The molecule has 1 aromatic rings. The minimum Gasteiger partial charge on any atom is -0.411 e. The summed E-state index contributed by atoms with van der Waals surface area (Å²) in [5.74, 6) is 0. The first-order valence-electron chi connectivity index (χ1n) is 6.29. The van der Waals surface area contributed by atoms with Crippen molar-refractivity contribution in [3.8, 4) is 0 Å². The van der Waals surface area contributed by atoms with E-state index in [-0.39, 0.29) is 0 Å². The molecule has 0 spiro atoms. The van der Waals surface area contributed by atoms with E-state index in [1.807, 2.05) is 38.1 Å². The lowest BCUT2D eigenvalue weighted by molar-refractivity contribution is 0.0731. The first-order valence-corrected chi connectivity index (χ1v) is 6.29. The van der Waals surface area contributed by atoms with Gasteiger partial charge in [0.1, 0.15) is 0 Å². The number of anilines is 1.